The molecule has 5 rings (SSSR count). The maximum Gasteiger partial charge on any atom is 0.257 e. The first-order chi connectivity index (χ1) is 20.8. The van der Waals surface area contributed by atoms with Crippen LogP contribution in [0, 0.1) is 25.6 Å². The zero-order chi connectivity index (χ0) is 32.1. The molecule has 1 atom stereocenters. The molecule has 1 amide bonds. The molecular weight excluding hydrogens is 579 g/mol. The van der Waals surface area contributed by atoms with Crippen LogP contribution in [0.4, 0.5) is 4.39 Å². The van der Waals surface area contributed by atoms with Gasteiger partial charge in [0.2, 0.25) is 10.0 Å². The highest BCUT2D eigenvalue weighted by molar-refractivity contribution is 7.89. The van der Waals surface area contributed by atoms with E-state index in [2.05, 4.69) is 33.6 Å². The SMILES string of the molecule is Cc1ncnc(C)c1C(=O)N1CCC(C)(N2CCN(CC3CCN(S(=O)(=O)C(C)C)CC3)[C@@H](C)C2)CC1.Fc1ccccc1. The summed E-state index contributed by atoms with van der Waals surface area (Å²) in [4.78, 5) is 28.9. The van der Waals surface area contributed by atoms with Crippen molar-refractivity contribution in [1.29, 1.82) is 0 Å². The highest BCUT2D eigenvalue weighted by Crippen LogP contribution is 2.32. The number of carbonyl (C=O) groups excluding carboxylic acids is 1. The van der Waals surface area contributed by atoms with Crippen LogP contribution in [0.5, 0.6) is 0 Å². The van der Waals surface area contributed by atoms with Crippen LogP contribution in [0.15, 0.2) is 36.7 Å². The van der Waals surface area contributed by atoms with E-state index in [0.717, 1.165) is 76.3 Å². The van der Waals surface area contributed by atoms with Crippen molar-refractivity contribution in [2.75, 3.05) is 52.4 Å². The number of amides is 1. The molecule has 1 aromatic carbocycles. The molecule has 3 aliphatic rings. The normalized spacial score (nSPS) is 22.5. The summed E-state index contributed by atoms with van der Waals surface area (Å²) >= 11 is 0. The fourth-order valence-electron chi connectivity index (χ4n) is 6.72. The number of piperidine rings is 2. The fourth-order valence-corrected chi connectivity index (χ4v) is 8.03. The molecule has 0 bridgehead atoms. The first-order valence-electron chi connectivity index (χ1n) is 16.1. The predicted molar refractivity (Wildman–Crippen MR) is 172 cm³/mol. The molecule has 0 N–H and O–H groups in total. The van der Waals surface area contributed by atoms with Crippen LogP contribution in [-0.2, 0) is 10.0 Å². The van der Waals surface area contributed by atoms with E-state index in [1.165, 1.54) is 18.5 Å². The summed E-state index contributed by atoms with van der Waals surface area (Å²) in [6.45, 7) is 19.0. The Bertz CT molecular complexity index is 1320. The highest BCUT2D eigenvalue weighted by atomic mass is 32.2. The molecule has 3 aliphatic heterocycles. The van der Waals surface area contributed by atoms with Crippen LogP contribution >= 0.6 is 0 Å². The van der Waals surface area contributed by atoms with Crippen LogP contribution in [0.25, 0.3) is 0 Å². The summed E-state index contributed by atoms with van der Waals surface area (Å²) < 4.78 is 38.6. The van der Waals surface area contributed by atoms with Crippen molar-refractivity contribution in [1.82, 2.24) is 29.0 Å². The van der Waals surface area contributed by atoms with Gasteiger partial charge < -0.3 is 4.90 Å². The van der Waals surface area contributed by atoms with E-state index in [9.17, 15) is 17.6 Å². The molecule has 11 heteroatoms. The quantitative estimate of drug-likeness (QED) is 0.468. The second-order valence-electron chi connectivity index (χ2n) is 13.2. The number of nitrogens with zero attached hydrogens (tertiary/aromatic N) is 6. The maximum atomic E-state index is 13.2. The lowest BCUT2D eigenvalue weighted by atomic mass is 9.86. The number of rotatable bonds is 6. The summed E-state index contributed by atoms with van der Waals surface area (Å²) in [6, 6.07) is 8.41. The highest BCUT2D eigenvalue weighted by Gasteiger charge is 2.41. The molecule has 0 radical (unpaired) electrons. The summed E-state index contributed by atoms with van der Waals surface area (Å²) in [6.07, 6.45) is 5.37. The summed E-state index contributed by atoms with van der Waals surface area (Å²) in [5, 5.41) is -0.343. The van der Waals surface area contributed by atoms with Crippen LogP contribution in [-0.4, -0.2) is 112 Å². The molecule has 2 aromatic rings. The molecule has 0 aliphatic carbocycles. The fraction of sp³-hybridized carbons (Fsp3) is 0.667. The van der Waals surface area contributed by atoms with Crippen LogP contribution in [0.1, 0.15) is 75.1 Å². The van der Waals surface area contributed by atoms with Gasteiger partial charge in [-0.05, 0) is 85.3 Å². The van der Waals surface area contributed by atoms with E-state index in [1.54, 1.807) is 36.4 Å². The Hall–Kier alpha value is -2.47. The van der Waals surface area contributed by atoms with Gasteiger partial charge in [0, 0.05) is 63.9 Å². The lowest BCUT2D eigenvalue weighted by Crippen LogP contribution is -2.62. The molecule has 3 saturated heterocycles. The standard InChI is InChI=1S/C27H46N6O3S.C6H5F/c1-20(2)37(35,36)33-11-7-24(8-12-33)18-31-15-16-32(17-21(31)3)27(6)9-13-30(14-10-27)26(34)25-22(4)28-19-29-23(25)5;7-6-4-2-1-3-5-6/h19-21,24H,7-18H2,1-6H3;1-5H/t21-;/m0./s1. The minimum absolute atomic E-state index is 0.0584. The second-order valence-corrected chi connectivity index (χ2v) is 15.7. The first kappa shape index (κ1) is 34.4. The lowest BCUT2D eigenvalue weighted by molar-refractivity contribution is -0.0223. The minimum atomic E-state index is -3.14. The van der Waals surface area contributed by atoms with E-state index < -0.39 is 10.0 Å². The van der Waals surface area contributed by atoms with Gasteiger partial charge in [-0.3, -0.25) is 14.6 Å². The third kappa shape index (κ3) is 8.21. The van der Waals surface area contributed by atoms with Gasteiger partial charge in [0.1, 0.15) is 12.1 Å². The Balaban J connectivity index is 0.000000555. The number of sulfonamides is 1. The van der Waals surface area contributed by atoms with Gasteiger partial charge in [0.15, 0.2) is 0 Å². The molecule has 0 saturated carbocycles. The van der Waals surface area contributed by atoms with E-state index in [0.29, 0.717) is 30.6 Å². The van der Waals surface area contributed by atoms with Crippen molar-refractivity contribution < 1.29 is 17.6 Å². The molecule has 3 fully saturated rings. The Morgan fingerprint density at radius 1 is 0.977 bits per heavy atom. The molecule has 0 unspecified atom stereocenters. The van der Waals surface area contributed by atoms with Gasteiger partial charge in [-0.25, -0.2) is 27.1 Å². The Morgan fingerprint density at radius 2 is 1.57 bits per heavy atom. The molecule has 0 spiro atoms. The van der Waals surface area contributed by atoms with Crippen molar-refractivity contribution in [3.05, 3.63) is 59.4 Å². The smallest absolute Gasteiger partial charge is 0.257 e. The zero-order valence-corrected chi connectivity index (χ0v) is 28.2. The Labute approximate surface area is 263 Å². The third-order valence-corrected chi connectivity index (χ3v) is 12.1. The zero-order valence-electron chi connectivity index (χ0n) is 27.4. The van der Waals surface area contributed by atoms with E-state index >= 15 is 0 Å². The topological polar surface area (TPSA) is 90.0 Å². The van der Waals surface area contributed by atoms with Gasteiger partial charge in [-0.2, -0.15) is 0 Å². The predicted octanol–water partition coefficient (Wildman–Crippen LogP) is 4.37. The van der Waals surface area contributed by atoms with E-state index in [-0.39, 0.29) is 22.5 Å². The van der Waals surface area contributed by atoms with Gasteiger partial charge >= 0.3 is 0 Å². The van der Waals surface area contributed by atoms with Gasteiger partial charge in [0.25, 0.3) is 5.91 Å². The average Bonchev–Trinajstić information content (AvgIpc) is 2.99. The lowest BCUT2D eigenvalue weighted by Gasteiger charge is -2.52. The number of piperazine rings is 1. The number of aryl methyl sites for hydroxylation is 2. The summed E-state index contributed by atoms with van der Waals surface area (Å²) in [7, 11) is -3.14. The number of likely N-dealkylation sites (tertiary alicyclic amines) is 1. The number of halogens is 1. The number of hydrogen-bond acceptors (Lipinski definition) is 7. The Morgan fingerprint density at radius 3 is 2.07 bits per heavy atom. The molecule has 1 aromatic heterocycles. The average molecular weight is 631 g/mol. The summed E-state index contributed by atoms with van der Waals surface area (Å²) in [5.74, 6) is 0.442. The van der Waals surface area contributed by atoms with Gasteiger partial charge in [-0.15, -0.1) is 0 Å². The van der Waals surface area contributed by atoms with Gasteiger partial charge in [0.05, 0.1) is 22.2 Å². The molecular formula is C33H51FN6O3S. The van der Waals surface area contributed by atoms with E-state index in [4.69, 9.17) is 0 Å². The molecule has 44 heavy (non-hydrogen) atoms. The summed E-state index contributed by atoms with van der Waals surface area (Å²) in [5.41, 5.74) is 2.26. The maximum absolute atomic E-state index is 13.2. The largest absolute Gasteiger partial charge is 0.338 e. The number of hydrogen-bond donors (Lipinski definition) is 0. The number of aromatic nitrogens is 2. The molecule has 9 nitrogen and oxygen atoms in total. The molecule has 4 heterocycles. The van der Waals surface area contributed by atoms with Crippen LogP contribution in [0.2, 0.25) is 0 Å². The first-order valence-corrected chi connectivity index (χ1v) is 17.6. The van der Waals surface area contributed by atoms with Crippen molar-refractivity contribution in [3.8, 4) is 0 Å². The Kier molecular flexibility index (Phi) is 11.5. The van der Waals surface area contributed by atoms with Crippen LogP contribution < -0.4 is 0 Å². The van der Waals surface area contributed by atoms with Crippen LogP contribution in [0.3, 0.4) is 0 Å². The van der Waals surface area contributed by atoms with Crippen molar-refractivity contribution >= 4 is 15.9 Å². The number of benzene rings is 1. The monoisotopic (exact) mass is 630 g/mol. The third-order valence-electron chi connectivity index (χ3n) is 9.85. The van der Waals surface area contributed by atoms with Crippen molar-refractivity contribution in [2.45, 2.75) is 84.1 Å². The van der Waals surface area contributed by atoms with Gasteiger partial charge in [-0.1, -0.05) is 18.2 Å². The van der Waals surface area contributed by atoms with Crippen molar-refractivity contribution in [2.24, 2.45) is 5.92 Å². The molecule has 244 valence electrons. The number of carbonyl (C=O) groups is 1. The minimum Gasteiger partial charge on any atom is -0.338 e. The van der Waals surface area contributed by atoms with Crippen molar-refractivity contribution in [3.63, 3.8) is 0 Å². The van der Waals surface area contributed by atoms with E-state index in [1.807, 2.05) is 18.7 Å². The second kappa shape index (κ2) is 14.7.